The Hall–Kier alpha value is -4.33. The summed E-state index contributed by atoms with van der Waals surface area (Å²) in [5, 5.41) is 13.8. The molecule has 3 aromatic carbocycles. The monoisotopic (exact) mass is 416 g/mol. The van der Waals surface area contributed by atoms with Gasteiger partial charge in [-0.25, -0.2) is 4.79 Å². The van der Waals surface area contributed by atoms with Crippen LogP contribution >= 0.6 is 0 Å². The Bertz CT molecular complexity index is 1190. The van der Waals surface area contributed by atoms with Gasteiger partial charge in [-0.3, -0.25) is 0 Å². The van der Waals surface area contributed by atoms with E-state index in [0.717, 1.165) is 5.56 Å². The number of anilines is 2. The smallest absolute Gasteiger partial charge is 0.323 e. The summed E-state index contributed by atoms with van der Waals surface area (Å²) in [5.74, 6) is 1.91. The molecule has 0 unspecified atom stereocenters. The number of rotatable bonds is 6. The third kappa shape index (κ3) is 4.64. The minimum atomic E-state index is -0.420. The van der Waals surface area contributed by atoms with Gasteiger partial charge in [0.1, 0.15) is 11.5 Å². The number of hydrogen-bond acceptors (Lipinski definition) is 6. The molecule has 0 spiro atoms. The number of nitrogens with zero attached hydrogens (tertiary/aromatic N) is 2. The van der Waals surface area contributed by atoms with Gasteiger partial charge in [-0.05, 0) is 42.5 Å². The minimum absolute atomic E-state index is 0.361. The lowest BCUT2D eigenvalue weighted by molar-refractivity contribution is 0.262. The highest BCUT2D eigenvalue weighted by Crippen LogP contribution is 2.29. The van der Waals surface area contributed by atoms with Crippen molar-refractivity contribution in [3.63, 3.8) is 0 Å². The van der Waals surface area contributed by atoms with Gasteiger partial charge in [0.2, 0.25) is 11.8 Å². The highest BCUT2D eigenvalue weighted by molar-refractivity contribution is 6.01. The van der Waals surface area contributed by atoms with Crippen LogP contribution in [0.25, 0.3) is 22.9 Å². The Kier molecular flexibility index (Phi) is 5.79. The number of ether oxygens (including phenoxy) is 2. The van der Waals surface area contributed by atoms with E-state index in [1.807, 2.05) is 36.4 Å². The van der Waals surface area contributed by atoms with Gasteiger partial charge in [0.25, 0.3) is 0 Å². The molecule has 1 aromatic heterocycles. The summed E-state index contributed by atoms with van der Waals surface area (Å²) in [6.07, 6.45) is 0. The largest absolute Gasteiger partial charge is 0.497 e. The number of urea groups is 1. The van der Waals surface area contributed by atoms with Crippen LogP contribution in [-0.4, -0.2) is 30.4 Å². The summed E-state index contributed by atoms with van der Waals surface area (Å²) < 4.78 is 16.3. The molecule has 2 amide bonds. The van der Waals surface area contributed by atoms with Gasteiger partial charge < -0.3 is 24.5 Å². The maximum absolute atomic E-state index is 12.5. The zero-order chi connectivity index (χ0) is 21.6. The first-order valence-corrected chi connectivity index (χ1v) is 9.45. The SMILES string of the molecule is COc1ccc(NC(=O)Nc2cccc(-c3nnc(-c4ccccc4)o3)c2)c(OC)c1. The molecule has 4 rings (SSSR count). The average molecular weight is 416 g/mol. The maximum atomic E-state index is 12.5. The molecular formula is C23H20N4O4. The van der Waals surface area contributed by atoms with Crippen molar-refractivity contribution in [1.82, 2.24) is 10.2 Å². The molecule has 1 heterocycles. The fourth-order valence-electron chi connectivity index (χ4n) is 2.95. The van der Waals surface area contributed by atoms with Crippen LogP contribution < -0.4 is 20.1 Å². The Labute approximate surface area is 178 Å². The molecule has 156 valence electrons. The Morgan fingerprint density at radius 1 is 0.806 bits per heavy atom. The first-order chi connectivity index (χ1) is 15.2. The molecule has 0 saturated carbocycles. The molecular weight excluding hydrogens is 396 g/mol. The Morgan fingerprint density at radius 3 is 2.29 bits per heavy atom. The van der Waals surface area contributed by atoms with Gasteiger partial charge in [-0.1, -0.05) is 24.3 Å². The van der Waals surface area contributed by atoms with Crippen molar-refractivity contribution < 1.29 is 18.7 Å². The number of nitrogens with one attached hydrogen (secondary N) is 2. The van der Waals surface area contributed by atoms with Crippen molar-refractivity contribution in [3.05, 3.63) is 72.8 Å². The van der Waals surface area contributed by atoms with Crippen molar-refractivity contribution in [1.29, 1.82) is 0 Å². The van der Waals surface area contributed by atoms with Crippen LogP contribution in [0.1, 0.15) is 0 Å². The molecule has 0 aliphatic rings. The normalized spacial score (nSPS) is 10.4. The number of carbonyl (C=O) groups excluding carboxylic acids is 1. The molecule has 0 aliphatic heterocycles. The molecule has 0 fully saturated rings. The van der Waals surface area contributed by atoms with Gasteiger partial charge in [-0.2, -0.15) is 0 Å². The number of amides is 2. The standard InChI is InChI=1S/C23H20N4O4/c1-29-18-11-12-19(20(14-18)30-2)25-23(28)24-17-10-6-9-16(13-17)22-27-26-21(31-22)15-7-4-3-5-8-15/h3-14H,1-2H3,(H2,24,25,28). The predicted octanol–water partition coefficient (Wildman–Crippen LogP) is 5.06. The first-order valence-electron chi connectivity index (χ1n) is 9.45. The zero-order valence-corrected chi connectivity index (χ0v) is 17.0. The van der Waals surface area contributed by atoms with E-state index in [1.165, 1.54) is 7.11 Å². The molecule has 0 radical (unpaired) electrons. The van der Waals surface area contributed by atoms with E-state index < -0.39 is 6.03 Å². The molecule has 0 atom stereocenters. The van der Waals surface area contributed by atoms with Crippen LogP contribution in [0.5, 0.6) is 11.5 Å². The van der Waals surface area contributed by atoms with Crippen LogP contribution in [0.4, 0.5) is 16.2 Å². The number of hydrogen-bond donors (Lipinski definition) is 2. The second kappa shape index (κ2) is 9.00. The molecule has 4 aromatic rings. The van der Waals surface area contributed by atoms with E-state index in [-0.39, 0.29) is 0 Å². The van der Waals surface area contributed by atoms with Crippen molar-refractivity contribution in [3.8, 4) is 34.4 Å². The molecule has 0 saturated heterocycles. The fourth-order valence-corrected chi connectivity index (χ4v) is 2.95. The van der Waals surface area contributed by atoms with E-state index in [4.69, 9.17) is 13.9 Å². The summed E-state index contributed by atoms with van der Waals surface area (Å²) in [5.41, 5.74) is 2.61. The number of carbonyl (C=O) groups is 1. The van der Waals surface area contributed by atoms with E-state index in [9.17, 15) is 4.79 Å². The topological polar surface area (TPSA) is 98.5 Å². The van der Waals surface area contributed by atoms with Crippen LogP contribution in [0, 0.1) is 0 Å². The minimum Gasteiger partial charge on any atom is -0.497 e. The number of aromatic nitrogens is 2. The summed E-state index contributed by atoms with van der Waals surface area (Å²) in [6.45, 7) is 0. The fraction of sp³-hybridized carbons (Fsp3) is 0.0870. The molecule has 2 N–H and O–H groups in total. The van der Waals surface area contributed by atoms with Crippen molar-refractivity contribution in [2.45, 2.75) is 0 Å². The first kappa shape index (κ1) is 20.0. The summed E-state index contributed by atoms with van der Waals surface area (Å²) in [7, 11) is 3.09. The van der Waals surface area contributed by atoms with Crippen LogP contribution in [0.3, 0.4) is 0 Å². The van der Waals surface area contributed by atoms with Crippen molar-refractivity contribution >= 4 is 17.4 Å². The molecule has 0 aliphatic carbocycles. The number of benzene rings is 3. The van der Waals surface area contributed by atoms with E-state index in [2.05, 4.69) is 20.8 Å². The lowest BCUT2D eigenvalue weighted by atomic mass is 10.2. The second-order valence-electron chi connectivity index (χ2n) is 6.50. The zero-order valence-electron chi connectivity index (χ0n) is 17.0. The summed E-state index contributed by atoms with van der Waals surface area (Å²) >= 11 is 0. The third-order valence-corrected chi connectivity index (χ3v) is 4.47. The number of methoxy groups -OCH3 is 2. The Morgan fingerprint density at radius 2 is 1.55 bits per heavy atom. The lowest BCUT2D eigenvalue weighted by Gasteiger charge is -2.12. The molecule has 0 bridgehead atoms. The summed E-state index contributed by atoms with van der Waals surface area (Å²) in [6, 6.07) is 21.4. The second-order valence-corrected chi connectivity index (χ2v) is 6.50. The predicted molar refractivity (Wildman–Crippen MR) is 117 cm³/mol. The van der Waals surface area contributed by atoms with Gasteiger partial charge in [0.15, 0.2) is 0 Å². The van der Waals surface area contributed by atoms with Crippen molar-refractivity contribution in [2.75, 3.05) is 24.9 Å². The lowest BCUT2D eigenvalue weighted by Crippen LogP contribution is -2.19. The molecule has 31 heavy (non-hydrogen) atoms. The van der Waals surface area contributed by atoms with E-state index >= 15 is 0 Å². The Balaban J connectivity index is 1.48. The third-order valence-electron chi connectivity index (χ3n) is 4.47. The van der Waals surface area contributed by atoms with E-state index in [0.29, 0.717) is 40.2 Å². The van der Waals surface area contributed by atoms with Gasteiger partial charge >= 0.3 is 6.03 Å². The highest BCUT2D eigenvalue weighted by Gasteiger charge is 2.12. The van der Waals surface area contributed by atoms with Gasteiger partial charge in [0, 0.05) is 22.9 Å². The van der Waals surface area contributed by atoms with Crippen LogP contribution in [0.2, 0.25) is 0 Å². The van der Waals surface area contributed by atoms with Gasteiger partial charge in [0.05, 0.1) is 19.9 Å². The highest BCUT2D eigenvalue weighted by atomic mass is 16.5. The maximum Gasteiger partial charge on any atom is 0.323 e. The quantitative estimate of drug-likeness (QED) is 0.456. The van der Waals surface area contributed by atoms with Crippen molar-refractivity contribution in [2.24, 2.45) is 0 Å². The van der Waals surface area contributed by atoms with E-state index in [1.54, 1.807) is 43.5 Å². The molecule has 8 heteroatoms. The summed E-state index contributed by atoms with van der Waals surface area (Å²) in [4.78, 5) is 12.5. The van der Waals surface area contributed by atoms with Crippen LogP contribution in [0.15, 0.2) is 77.2 Å². The van der Waals surface area contributed by atoms with Gasteiger partial charge in [-0.15, -0.1) is 10.2 Å². The average Bonchev–Trinajstić information content (AvgIpc) is 3.30. The molecule has 8 nitrogen and oxygen atoms in total. The van der Waals surface area contributed by atoms with Crippen LogP contribution in [-0.2, 0) is 0 Å².